The van der Waals surface area contributed by atoms with Gasteiger partial charge in [0.2, 0.25) is 21.8 Å². The standard InChI is InChI=1S/C40H52N4O10S/c45-34-33-20-29(53-36(47)26-19-25-9-6-7-11-31(25)39(21-26)16-8-17-39)23-44(33)35(46)32(41-38(49)54-28-15-18-52-24-28)12-5-3-1-2-4-10-27-22-40(27,42-34)37(48)43-55(50,51)30-13-14-30/h4,6-7,9-11,26-30,32-33H,1-3,5,8,12-24H2,(H,41,49)(H,42,45)(H,43,48)/b10-4-/t26?,27-,28+,29+,32-,33-,40+/m0/s1. The van der Waals surface area contributed by atoms with Crippen molar-refractivity contribution >= 4 is 39.8 Å². The first-order valence-electron chi connectivity index (χ1n) is 20.2. The number of carbonyl (C=O) groups is 5. The molecule has 8 rings (SSSR count). The van der Waals surface area contributed by atoms with Crippen LogP contribution in [-0.2, 0) is 55.2 Å². The fourth-order valence-electron chi connectivity index (χ4n) is 9.42. The molecule has 1 aromatic carbocycles. The van der Waals surface area contributed by atoms with Gasteiger partial charge in [-0.2, -0.15) is 0 Å². The van der Waals surface area contributed by atoms with Crippen LogP contribution in [0, 0.1) is 11.8 Å². The van der Waals surface area contributed by atoms with Crippen LogP contribution in [0.4, 0.5) is 4.79 Å². The minimum absolute atomic E-state index is 0.0209. The van der Waals surface area contributed by atoms with Crippen molar-refractivity contribution in [3.8, 4) is 0 Å². The van der Waals surface area contributed by atoms with Crippen molar-refractivity contribution in [2.75, 3.05) is 19.8 Å². The molecule has 0 aromatic heterocycles. The van der Waals surface area contributed by atoms with Crippen LogP contribution in [-0.4, -0.2) is 97.9 Å². The zero-order valence-corrected chi connectivity index (χ0v) is 32.0. The summed E-state index contributed by atoms with van der Waals surface area (Å²) >= 11 is 0. The molecule has 7 aliphatic rings. The van der Waals surface area contributed by atoms with Gasteiger partial charge in [0.25, 0.3) is 5.91 Å². The highest BCUT2D eigenvalue weighted by Gasteiger charge is 2.62. The van der Waals surface area contributed by atoms with Crippen LogP contribution in [0.3, 0.4) is 0 Å². The van der Waals surface area contributed by atoms with Gasteiger partial charge in [-0.1, -0.05) is 55.7 Å². The topological polar surface area (TPSA) is 187 Å². The van der Waals surface area contributed by atoms with E-state index in [9.17, 15) is 32.4 Å². The number of hydrogen-bond acceptors (Lipinski definition) is 10. The third-order valence-corrected chi connectivity index (χ3v) is 14.7. The summed E-state index contributed by atoms with van der Waals surface area (Å²) in [5.41, 5.74) is 0.898. The van der Waals surface area contributed by atoms with Gasteiger partial charge >= 0.3 is 12.1 Å². The molecule has 3 saturated carbocycles. The Balaban J connectivity index is 1.04. The highest BCUT2D eigenvalue weighted by Crippen LogP contribution is 2.53. The van der Waals surface area contributed by atoms with Gasteiger partial charge in [0.1, 0.15) is 29.8 Å². The molecule has 14 nitrogen and oxygen atoms in total. The third-order valence-electron chi connectivity index (χ3n) is 12.9. The second-order valence-electron chi connectivity index (χ2n) is 16.8. The molecule has 1 aromatic rings. The first-order chi connectivity index (χ1) is 26.5. The van der Waals surface area contributed by atoms with Crippen LogP contribution >= 0.6 is 0 Å². The van der Waals surface area contributed by atoms with Gasteiger partial charge in [0.05, 0.1) is 30.9 Å². The Labute approximate surface area is 321 Å². The van der Waals surface area contributed by atoms with Crippen LogP contribution < -0.4 is 15.4 Å². The average Bonchev–Trinajstić information content (AvgIpc) is 4.02. The maximum absolute atomic E-state index is 14.5. The van der Waals surface area contributed by atoms with E-state index in [0.717, 1.165) is 37.7 Å². The van der Waals surface area contributed by atoms with E-state index in [1.807, 2.05) is 24.3 Å². The summed E-state index contributed by atoms with van der Waals surface area (Å²) in [4.78, 5) is 70.9. The minimum atomic E-state index is -3.90. The average molecular weight is 781 g/mol. The van der Waals surface area contributed by atoms with Gasteiger partial charge in [-0.05, 0) is 80.8 Å². The lowest BCUT2D eigenvalue weighted by Gasteiger charge is -2.48. The van der Waals surface area contributed by atoms with Gasteiger partial charge < -0.3 is 29.7 Å². The molecule has 0 radical (unpaired) electrons. The van der Waals surface area contributed by atoms with Crippen molar-refractivity contribution in [1.82, 2.24) is 20.3 Å². The van der Waals surface area contributed by atoms with Gasteiger partial charge in [-0.15, -0.1) is 0 Å². The Morgan fingerprint density at radius 2 is 1.76 bits per heavy atom. The lowest BCUT2D eigenvalue weighted by atomic mass is 9.56. The SMILES string of the molecule is O=C(N[C@H]1CCCCC/C=C\[C@H]2C[C@@]2(C(=O)NS(=O)(=O)C2CC2)NC(=O)[C@@H]2C[C@@H](OC(=O)C3Cc4ccccc4C4(CCC4)C3)CN2C1=O)O[C@@H]1CCOC1. The quantitative estimate of drug-likeness (QED) is 0.274. The number of nitrogens with one attached hydrogen (secondary N) is 3. The summed E-state index contributed by atoms with van der Waals surface area (Å²) in [5.74, 6) is -3.15. The Bertz CT molecular complexity index is 1840. The van der Waals surface area contributed by atoms with Crippen LogP contribution in [0.2, 0.25) is 0 Å². The molecule has 1 spiro atoms. The summed E-state index contributed by atoms with van der Waals surface area (Å²) in [6, 6.07) is 6.09. The number of fused-ring (bicyclic) bond motifs is 4. The molecular formula is C40H52N4O10S. The van der Waals surface area contributed by atoms with Crippen LogP contribution in [0.1, 0.15) is 101 Å². The van der Waals surface area contributed by atoms with E-state index in [1.165, 1.54) is 10.5 Å². The number of benzene rings is 1. The number of esters is 1. The minimum Gasteiger partial charge on any atom is -0.460 e. The van der Waals surface area contributed by atoms with Crippen molar-refractivity contribution in [2.45, 2.75) is 137 Å². The third kappa shape index (κ3) is 7.88. The molecule has 1 unspecified atom stereocenters. The van der Waals surface area contributed by atoms with E-state index in [0.29, 0.717) is 58.0 Å². The monoisotopic (exact) mass is 780 g/mol. The second-order valence-corrected chi connectivity index (χ2v) is 18.8. The predicted molar refractivity (Wildman–Crippen MR) is 198 cm³/mol. The van der Waals surface area contributed by atoms with Gasteiger partial charge in [0.15, 0.2) is 0 Å². The van der Waals surface area contributed by atoms with Crippen LogP contribution in [0.15, 0.2) is 36.4 Å². The number of carbonyl (C=O) groups excluding carboxylic acids is 5. The van der Waals surface area contributed by atoms with E-state index < -0.39 is 74.8 Å². The fourth-order valence-corrected chi connectivity index (χ4v) is 10.8. The molecule has 3 aliphatic heterocycles. The van der Waals surface area contributed by atoms with Crippen molar-refractivity contribution in [1.29, 1.82) is 0 Å². The fraction of sp³-hybridized carbons (Fsp3) is 0.675. The van der Waals surface area contributed by atoms with Crippen LogP contribution in [0.5, 0.6) is 0 Å². The highest BCUT2D eigenvalue weighted by atomic mass is 32.2. The number of rotatable bonds is 7. The molecule has 55 heavy (non-hydrogen) atoms. The van der Waals surface area contributed by atoms with E-state index in [4.69, 9.17) is 14.2 Å². The van der Waals surface area contributed by atoms with Crippen molar-refractivity contribution in [3.63, 3.8) is 0 Å². The van der Waals surface area contributed by atoms with Crippen molar-refractivity contribution < 1.29 is 46.6 Å². The van der Waals surface area contributed by atoms with E-state index in [2.05, 4.69) is 27.5 Å². The number of alkyl carbamates (subject to hydrolysis) is 1. The maximum Gasteiger partial charge on any atom is 0.408 e. The smallest absolute Gasteiger partial charge is 0.408 e. The van der Waals surface area contributed by atoms with E-state index in [1.54, 1.807) is 0 Å². The lowest BCUT2D eigenvalue weighted by Crippen LogP contribution is -2.58. The van der Waals surface area contributed by atoms with Gasteiger partial charge in [-0.3, -0.25) is 23.9 Å². The normalized spacial score (nSPS) is 33.6. The zero-order chi connectivity index (χ0) is 38.4. The Morgan fingerprint density at radius 3 is 2.51 bits per heavy atom. The van der Waals surface area contributed by atoms with Crippen LogP contribution in [0.25, 0.3) is 0 Å². The molecule has 298 valence electrons. The number of allylic oxidation sites excluding steroid dienone is 1. The highest BCUT2D eigenvalue weighted by molar-refractivity contribution is 7.91. The zero-order valence-electron chi connectivity index (χ0n) is 31.2. The molecule has 5 fully saturated rings. The number of hydrogen-bond donors (Lipinski definition) is 3. The lowest BCUT2D eigenvalue weighted by molar-refractivity contribution is -0.155. The molecule has 15 heteroatoms. The molecule has 3 heterocycles. The summed E-state index contributed by atoms with van der Waals surface area (Å²) in [5, 5.41) is 4.98. The number of nitrogens with zero attached hydrogens (tertiary/aromatic N) is 1. The molecule has 0 bridgehead atoms. The molecule has 4 aliphatic carbocycles. The Morgan fingerprint density at radius 1 is 0.945 bits per heavy atom. The van der Waals surface area contributed by atoms with E-state index in [-0.39, 0.29) is 43.3 Å². The van der Waals surface area contributed by atoms with E-state index >= 15 is 0 Å². The van der Waals surface area contributed by atoms with Crippen molar-refractivity contribution in [3.05, 3.63) is 47.5 Å². The Kier molecular flexibility index (Phi) is 10.5. The summed E-state index contributed by atoms with van der Waals surface area (Å²) < 4.78 is 44.9. The molecule has 7 atom stereocenters. The molecule has 3 N–H and O–H groups in total. The Hall–Kier alpha value is -3.98. The predicted octanol–water partition coefficient (Wildman–Crippen LogP) is 3.07. The van der Waals surface area contributed by atoms with Crippen molar-refractivity contribution in [2.24, 2.45) is 11.8 Å². The number of ether oxygens (including phenoxy) is 3. The molecule has 2 saturated heterocycles. The summed E-state index contributed by atoms with van der Waals surface area (Å²) in [6.07, 6.45) is 11.0. The molecular weight excluding hydrogens is 729 g/mol. The maximum atomic E-state index is 14.5. The first-order valence-corrected chi connectivity index (χ1v) is 21.7. The van der Waals surface area contributed by atoms with Gasteiger partial charge in [0, 0.05) is 18.8 Å². The first kappa shape index (κ1) is 37.9. The number of amides is 4. The second kappa shape index (κ2) is 15.2. The number of sulfonamides is 1. The van der Waals surface area contributed by atoms with Gasteiger partial charge in [-0.25, -0.2) is 13.2 Å². The molecule has 4 amide bonds. The summed E-state index contributed by atoms with van der Waals surface area (Å²) in [7, 11) is -3.90. The largest absolute Gasteiger partial charge is 0.460 e. The summed E-state index contributed by atoms with van der Waals surface area (Å²) in [6.45, 7) is 0.660.